The number of imidazole rings is 1. The van der Waals surface area contributed by atoms with Crippen LogP contribution in [0.3, 0.4) is 0 Å². The lowest BCUT2D eigenvalue weighted by atomic mass is 10.2. The van der Waals surface area contributed by atoms with Crippen molar-refractivity contribution in [2.24, 2.45) is 0 Å². The van der Waals surface area contributed by atoms with Gasteiger partial charge in [0.1, 0.15) is 0 Å². The van der Waals surface area contributed by atoms with E-state index >= 15 is 0 Å². The number of rotatable bonds is 5. The summed E-state index contributed by atoms with van der Waals surface area (Å²) < 4.78 is 4.95. The van der Waals surface area contributed by atoms with E-state index in [2.05, 4.69) is 15.3 Å². The first-order valence-corrected chi connectivity index (χ1v) is 5.78. The number of hydrogen-bond acceptors (Lipinski definition) is 4. The van der Waals surface area contributed by atoms with Gasteiger partial charge in [-0.3, -0.25) is 0 Å². The molecule has 0 bridgehead atoms. The summed E-state index contributed by atoms with van der Waals surface area (Å²) in [5, 5.41) is 3.21. The third kappa shape index (κ3) is 3.10. The van der Waals surface area contributed by atoms with E-state index < -0.39 is 0 Å². The molecule has 0 saturated carbocycles. The highest BCUT2D eigenvalue weighted by atomic mass is 16.5. The van der Waals surface area contributed by atoms with Crippen molar-refractivity contribution in [2.45, 2.75) is 13.5 Å². The molecule has 0 amide bonds. The van der Waals surface area contributed by atoms with Crippen LogP contribution >= 0.6 is 0 Å². The zero-order valence-electron chi connectivity index (χ0n) is 10.1. The predicted molar refractivity (Wildman–Crippen MR) is 68.3 cm³/mol. The van der Waals surface area contributed by atoms with Crippen molar-refractivity contribution in [1.82, 2.24) is 9.97 Å². The van der Waals surface area contributed by atoms with Crippen molar-refractivity contribution < 1.29 is 9.53 Å². The second-order valence-electron chi connectivity index (χ2n) is 3.73. The molecule has 0 spiro atoms. The van der Waals surface area contributed by atoms with Crippen LogP contribution in [0.1, 0.15) is 23.0 Å². The molecule has 0 atom stereocenters. The van der Waals surface area contributed by atoms with Crippen LogP contribution in [0.15, 0.2) is 36.8 Å². The number of anilines is 1. The maximum atomic E-state index is 11.6. The molecule has 0 fully saturated rings. The van der Waals surface area contributed by atoms with E-state index in [0.717, 1.165) is 11.4 Å². The fourth-order valence-corrected chi connectivity index (χ4v) is 1.55. The van der Waals surface area contributed by atoms with Crippen LogP contribution < -0.4 is 5.32 Å². The summed E-state index contributed by atoms with van der Waals surface area (Å²) in [5.74, 6) is -0.303. The molecule has 0 radical (unpaired) electrons. The average molecular weight is 245 g/mol. The Labute approximate surface area is 105 Å². The van der Waals surface area contributed by atoms with Gasteiger partial charge in [0.2, 0.25) is 0 Å². The van der Waals surface area contributed by atoms with Gasteiger partial charge in [-0.25, -0.2) is 9.78 Å². The number of H-pyrrole nitrogens is 1. The number of carbonyl (C=O) groups is 1. The number of aromatic nitrogens is 2. The highest BCUT2D eigenvalue weighted by Gasteiger charge is 2.06. The van der Waals surface area contributed by atoms with E-state index in [1.807, 2.05) is 12.1 Å². The van der Waals surface area contributed by atoms with Gasteiger partial charge >= 0.3 is 5.97 Å². The number of esters is 1. The molecule has 1 heterocycles. The number of nitrogens with zero attached hydrogens (tertiary/aromatic N) is 1. The molecule has 5 heteroatoms. The van der Waals surface area contributed by atoms with Crippen molar-refractivity contribution in [3.63, 3.8) is 0 Å². The van der Waals surface area contributed by atoms with E-state index in [1.54, 1.807) is 31.6 Å². The molecule has 94 valence electrons. The molecule has 0 saturated heterocycles. The number of carbonyl (C=O) groups excluding carboxylic acids is 1. The van der Waals surface area contributed by atoms with Crippen LogP contribution in [0, 0.1) is 0 Å². The zero-order valence-corrected chi connectivity index (χ0v) is 10.1. The largest absolute Gasteiger partial charge is 0.462 e. The minimum atomic E-state index is -0.303. The molecule has 0 unspecified atom stereocenters. The van der Waals surface area contributed by atoms with E-state index in [4.69, 9.17) is 4.74 Å². The molecule has 18 heavy (non-hydrogen) atoms. The van der Waals surface area contributed by atoms with Crippen LogP contribution in [-0.4, -0.2) is 22.5 Å². The highest BCUT2D eigenvalue weighted by molar-refractivity contribution is 5.90. The minimum absolute atomic E-state index is 0.303. The van der Waals surface area contributed by atoms with Gasteiger partial charge in [0.15, 0.2) is 0 Å². The molecule has 2 N–H and O–H groups in total. The maximum absolute atomic E-state index is 11.6. The Kier molecular flexibility index (Phi) is 3.96. The summed E-state index contributed by atoms with van der Waals surface area (Å²) >= 11 is 0. The van der Waals surface area contributed by atoms with Crippen molar-refractivity contribution in [1.29, 1.82) is 0 Å². The van der Waals surface area contributed by atoms with Crippen molar-refractivity contribution >= 4 is 11.7 Å². The third-order valence-electron chi connectivity index (χ3n) is 2.41. The first-order chi connectivity index (χ1) is 8.79. The van der Waals surface area contributed by atoms with Crippen molar-refractivity contribution in [3.05, 3.63) is 48.0 Å². The van der Waals surface area contributed by atoms with Crippen LogP contribution in [0.25, 0.3) is 0 Å². The number of nitrogens with one attached hydrogen (secondary N) is 2. The first-order valence-electron chi connectivity index (χ1n) is 5.78. The fourth-order valence-electron chi connectivity index (χ4n) is 1.55. The topological polar surface area (TPSA) is 67.0 Å². The first kappa shape index (κ1) is 12.2. The summed E-state index contributed by atoms with van der Waals surface area (Å²) in [7, 11) is 0. The van der Waals surface area contributed by atoms with Crippen LogP contribution in [0.4, 0.5) is 5.69 Å². The minimum Gasteiger partial charge on any atom is -0.462 e. The summed E-state index contributed by atoms with van der Waals surface area (Å²) in [6.45, 7) is 2.80. The molecule has 2 rings (SSSR count). The summed E-state index contributed by atoms with van der Waals surface area (Å²) in [5.41, 5.74) is 2.40. The Balaban J connectivity index is 2.01. The number of hydrogen-bond donors (Lipinski definition) is 2. The Bertz CT molecular complexity index is 509. The van der Waals surface area contributed by atoms with Crippen LogP contribution in [0.5, 0.6) is 0 Å². The molecule has 5 nitrogen and oxygen atoms in total. The van der Waals surface area contributed by atoms with Gasteiger partial charge < -0.3 is 15.0 Å². The Hall–Kier alpha value is -2.30. The van der Waals surface area contributed by atoms with E-state index in [1.165, 1.54) is 0 Å². The average Bonchev–Trinajstić information content (AvgIpc) is 2.90. The summed E-state index contributed by atoms with van der Waals surface area (Å²) in [6, 6.07) is 7.23. The monoisotopic (exact) mass is 245 g/mol. The number of ether oxygens (including phenoxy) is 1. The second-order valence-corrected chi connectivity index (χ2v) is 3.73. The van der Waals surface area contributed by atoms with Gasteiger partial charge in [0, 0.05) is 11.9 Å². The Morgan fingerprint density at radius 1 is 1.50 bits per heavy atom. The summed E-state index contributed by atoms with van der Waals surface area (Å²) in [4.78, 5) is 18.5. The van der Waals surface area contributed by atoms with Crippen molar-refractivity contribution in [3.8, 4) is 0 Å². The standard InChI is InChI=1S/C13H15N3O2/c1-2-18-13(17)10-4-3-5-11(6-10)15-8-12-7-14-9-16-12/h3-7,9,15H,2,8H2,1H3,(H,14,16). The lowest BCUT2D eigenvalue weighted by Crippen LogP contribution is -2.06. The fraction of sp³-hybridized carbons (Fsp3) is 0.231. The van der Waals surface area contributed by atoms with Crippen molar-refractivity contribution in [2.75, 3.05) is 11.9 Å². The number of aromatic amines is 1. The van der Waals surface area contributed by atoms with Gasteiger partial charge in [-0.05, 0) is 25.1 Å². The van der Waals surface area contributed by atoms with E-state index in [0.29, 0.717) is 18.7 Å². The lowest BCUT2D eigenvalue weighted by Gasteiger charge is -2.07. The van der Waals surface area contributed by atoms with E-state index in [-0.39, 0.29) is 5.97 Å². The predicted octanol–water partition coefficient (Wildman–Crippen LogP) is 2.20. The van der Waals surface area contributed by atoms with E-state index in [9.17, 15) is 4.79 Å². The molecule has 1 aromatic heterocycles. The molecular formula is C13H15N3O2. The SMILES string of the molecule is CCOC(=O)c1cccc(NCc2cnc[nH]2)c1. The lowest BCUT2D eigenvalue weighted by molar-refractivity contribution is 0.0526. The second kappa shape index (κ2) is 5.86. The maximum Gasteiger partial charge on any atom is 0.338 e. The summed E-state index contributed by atoms with van der Waals surface area (Å²) in [6.07, 6.45) is 3.38. The molecule has 1 aromatic carbocycles. The molecule has 0 aliphatic carbocycles. The quantitative estimate of drug-likeness (QED) is 0.792. The highest BCUT2D eigenvalue weighted by Crippen LogP contribution is 2.12. The molecule has 0 aliphatic heterocycles. The normalized spacial score (nSPS) is 10.1. The Morgan fingerprint density at radius 3 is 3.11 bits per heavy atom. The van der Waals surface area contributed by atoms with Gasteiger partial charge in [0.25, 0.3) is 0 Å². The molecule has 0 aliphatic rings. The van der Waals surface area contributed by atoms with Gasteiger partial charge in [-0.1, -0.05) is 6.07 Å². The smallest absolute Gasteiger partial charge is 0.338 e. The Morgan fingerprint density at radius 2 is 2.39 bits per heavy atom. The van der Waals surface area contributed by atoms with Gasteiger partial charge in [-0.15, -0.1) is 0 Å². The van der Waals surface area contributed by atoms with Crippen LogP contribution in [-0.2, 0) is 11.3 Å². The van der Waals surface area contributed by atoms with Gasteiger partial charge in [0.05, 0.1) is 30.7 Å². The molecule has 2 aromatic rings. The van der Waals surface area contributed by atoms with Gasteiger partial charge in [-0.2, -0.15) is 0 Å². The zero-order chi connectivity index (χ0) is 12.8. The molecular weight excluding hydrogens is 230 g/mol. The number of benzene rings is 1. The van der Waals surface area contributed by atoms with Crippen LogP contribution in [0.2, 0.25) is 0 Å². The third-order valence-corrected chi connectivity index (χ3v) is 2.41.